The van der Waals surface area contributed by atoms with Crippen molar-refractivity contribution in [2.75, 3.05) is 25.0 Å². The van der Waals surface area contributed by atoms with Gasteiger partial charge in [0.15, 0.2) is 6.61 Å². The van der Waals surface area contributed by atoms with Crippen molar-refractivity contribution in [1.29, 1.82) is 0 Å². The minimum atomic E-state index is -3.49. The van der Waals surface area contributed by atoms with Gasteiger partial charge in [-0.15, -0.1) is 0 Å². The first kappa shape index (κ1) is 23.2. The molecule has 0 aromatic heterocycles. The predicted octanol–water partition coefficient (Wildman–Crippen LogP) is 5.56. The van der Waals surface area contributed by atoms with Gasteiger partial charge in [0.2, 0.25) is 10.0 Å². The van der Waals surface area contributed by atoms with E-state index in [0.29, 0.717) is 24.5 Å². The van der Waals surface area contributed by atoms with E-state index in [1.165, 1.54) is 16.4 Å². The Kier molecular flexibility index (Phi) is 7.19. The fourth-order valence-electron chi connectivity index (χ4n) is 3.66. The summed E-state index contributed by atoms with van der Waals surface area (Å²) < 4.78 is 34.5. The number of nitrogens with one attached hydrogen (secondary N) is 1. The maximum absolute atomic E-state index is 12.7. The molecule has 1 N–H and O–H groups in total. The third kappa shape index (κ3) is 5.17. The quantitative estimate of drug-likeness (QED) is 0.414. The standard InChI is InChI=1S/C23H22Br2N2O4S/c24-17-5-10-20-16(14-17)4-11-21(23(20)25)31-15-22(28)26-18-6-8-19(9-7-18)32(29,30)27-12-2-1-3-13-27/h4-11,14H,1-3,12-13,15H2,(H,26,28). The van der Waals surface area contributed by atoms with E-state index in [-0.39, 0.29) is 17.4 Å². The fraction of sp³-hybridized carbons (Fsp3) is 0.261. The fourth-order valence-corrected chi connectivity index (χ4v) is 6.16. The Morgan fingerprint density at radius 3 is 2.41 bits per heavy atom. The van der Waals surface area contributed by atoms with E-state index in [9.17, 15) is 13.2 Å². The third-order valence-corrected chi connectivity index (χ3v) is 8.55. The van der Waals surface area contributed by atoms with Gasteiger partial charge in [0.25, 0.3) is 5.91 Å². The maximum atomic E-state index is 12.7. The molecule has 3 aromatic rings. The summed E-state index contributed by atoms with van der Waals surface area (Å²) in [5.74, 6) is 0.234. The van der Waals surface area contributed by atoms with Crippen LogP contribution < -0.4 is 10.1 Å². The molecule has 32 heavy (non-hydrogen) atoms. The number of fused-ring (bicyclic) bond motifs is 1. The number of anilines is 1. The summed E-state index contributed by atoms with van der Waals surface area (Å²) in [6.45, 7) is 0.938. The first-order chi connectivity index (χ1) is 15.3. The average molecular weight is 582 g/mol. The number of amides is 1. The zero-order chi connectivity index (χ0) is 22.7. The zero-order valence-electron chi connectivity index (χ0n) is 17.2. The van der Waals surface area contributed by atoms with Gasteiger partial charge in [0, 0.05) is 23.2 Å². The van der Waals surface area contributed by atoms with Crippen molar-refractivity contribution in [3.8, 4) is 5.75 Å². The van der Waals surface area contributed by atoms with Crippen molar-refractivity contribution < 1.29 is 17.9 Å². The summed E-state index contributed by atoms with van der Waals surface area (Å²) in [4.78, 5) is 12.6. The number of rotatable bonds is 6. The smallest absolute Gasteiger partial charge is 0.262 e. The number of carbonyl (C=O) groups is 1. The highest BCUT2D eigenvalue weighted by atomic mass is 79.9. The van der Waals surface area contributed by atoms with E-state index in [1.54, 1.807) is 12.1 Å². The van der Waals surface area contributed by atoms with Crippen molar-refractivity contribution in [1.82, 2.24) is 4.31 Å². The first-order valence-corrected chi connectivity index (χ1v) is 13.3. The van der Waals surface area contributed by atoms with E-state index < -0.39 is 10.0 Å². The van der Waals surface area contributed by atoms with Crippen LogP contribution in [0.1, 0.15) is 19.3 Å². The van der Waals surface area contributed by atoms with E-state index in [0.717, 1.165) is 39.0 Å². The van der Waals surface area contributed by atoms with E-state index >= 15 is 0 Å². The number of halogens is 2. The summed E-state index contributed by atoms with van der Waals surface area (Å²) in [5, 5.41) is 4.77. The molecule has 168 valence electrons. The van der Waals surface area contributed by atoms with Gasteiger partial charge in [-0.25, -0.2) is 8.42 Å². The van der Waals surface area contributed by atoms with Crippen LogP contribution in [0.3, 0.4) is 0 Å². The van der Waals surface area contributed by atoms with Crippen molar-refractivity contribution >= 4 is 64.3 Å². The molecule has 0 aliphatic carbocycles. The van der Waals surface area contributed by atoms with Crippen LogP contribution in [0.15, 0.2) is 68.4 Å². The minimum absolute atomic E-state index is 0.172. The molecule has 6 nitrogen and oxygen atoms in total. The molecular formula is C23H22Br2N2O4S. The molecule has 4 rings (SSSR count). The van der Waals surface area contributed by atoms with Crippen LogP contribution in [0.4, 0.5) is 5.69 Å². The number of ether oxygens (including phenoxy) is 1. The molecule has 0 unspecified atom stereocenters. The summed E-state index contributed by atoms with van der Waals surface area (Å²) >= 11 is 7.01. The van der Waals surface area contributed by atoms with Crippen LogP contribution in [0.25, 0.3) is 10.8 Å². The molecule has 1 amide bonds. The largest absolute Gasteiger partial charge is 0.483 e. The van der Waals surface area contributed by atoms with Gasteiger partial charge in [-0.3, -0.25) is 4.79 Å². The van der Waals surface area contributed by atoms with Gasteiger partial charge in [0.1, 0.15) is 5.75 Å². The summed E-state index contributed by atoms with van der Waals surface area (Å²) in [5.41, 5.74) is 0.513. The van der Waals surface area contributed by atoms with Crippen molar-refractivity contribution in [3.05, 3.63) is 63.5 Å². The van der Waals surface area contributed by atoms with Crippen LogP contribution in [0.2, 0.25) is 0 Å². The number of hydrogen-bond donors (Lipinski definition) is 1. The lowest BCUT2D eigenvalue weighted by molar-refractivity contribution is -0.118. The average Bonchev–Trinajstić information content (AvgIpc) is 2.79. The van der Waals surface area contributed by atoms with Crippen LogP contribution in [0, 0.1) is 0 Å². The molecule has 0 radical (unpaired) electrons. The van der Waals surface area contributed by atoms with Gasteiger partial charge in [0.05, 0.1) is 9.37 Å². The van der Waals surface area contributed by atoms with Gasteiger partial charge in [-0.05, 0) is 82.0 Å². The monoisotopic (exact) mass is 580 g/mol. The molecule has 1 saturated heterocycles. The normalized spacial score (nSPS) is 14.9. The maximum Gasteiger partial charge on any atom is 0.262 e. The highest BCUT2D eigenvalue weighted by molar-refractivity contribution is 9.11. The molecule has 9 heteroatoms. The van der Waals surface area contributed by atoms with Crippen molar-refractivity contribution in [2.24, 2.45) is 0 Å². The van der Waals surface area contributed by atoms with Gasteiger partial charge in [-0.1, -0.05) is 34.5 Å². The molecule has 1 fully saturated rings. The Hall–Kier alpha value is -1.94. The predicted molar refractivity (Wildman–Crippen MR) is 133 cm³/mol. The van der Waals surface area contributed by atoms with E-state index in [4.69, 9.17) is 4.74 Å². The molecule has 1 aliphatic heterocycles. The Labute approximate surface area is 204 Å². The van der Waals surface area contributed by atoms with Gasteiger partial charge in [-0.2, -0.15) is 4.31 Å². The third-order valence-electron chi connectivity index (χ3n) is 5.33. The summed E-state index contributed by atoms with van der Waals surface area (Å²) in [6, 6.07) is 15.9. The Balaban J connectivity index is 1.38. The van der Waals surface area contributed by atoms with Crippen molar-refractivity contribution in [2.45, 2.75) is 24.2 Å². The number of hydrogen-bond acceptors (Lipinski definition) is 4. The van der Waals surface area contributed by atoms with Crippen LogP contribution >= 0.6 is 31.9 Å². The van der Waals surface area contributed by atoms with E-state index in [1.807, 2.05) is 30.3 Å². The van der Waals surface area contributed by atoms with Gasteiger partial charge < -0.3 is 10.1 Å². The second-order valence-corrected chi connectivity index (χ2v) is 11.2. The molecule has 0 bridgehead atoms. The second kappa shape index (κ2) is 9.91. The Morgan fingerprint density at radius 1 is 0.969 bits per heavy atom. The van der Waals surface area contributed by atoms with Crippen LogP contribution in [-0.2, 0) is 14.8 Å². The lowest BCUT2D eigenvalue weighted by Crippen LogP contribution is -2.35. The Bertz CT molecular complexity index is 1240. The number of carbonyl (C=O) groups excluding carboxylic acids is 1. The number of benzene rings is 3. The Morgan fingerprint density at radius 2 is 1.69 bits per heavy atom. The second-order valence-electron chi connectivity index (χ2n) is 7.57. The molecule has 0 saturated carbocycles. The topological polar surface area (TPSA) is 75.7 Å². The SMILES string of the molecule is O=C(COc1ccc2cc(Br)ccc2c1Br)Nc1ccc(S(=O)(=O)N2CCCCC2)cc1. The zero-order valence-corrected chi connectivity index (χ0v) is 21.2. The van der Waals surface area contributed by atoms with Crippen molar-refractivity contribution in [3.63, 3.8) is 0 Å². The molecule has 0 spiro atoms. The molecule has 1 aliphatic rings. The highest BCUT2D eigenvalue weighted by Gasteiger charge is 2.25. The van der Waals surface area contributed by atoms with Crippen LogP contribution in [0.5, 0.6) is 5.75 Å². The minimum Gasteiger partial charge on any atom is -0.483 e. The number of nitrogens with zero attached hydrogens (tertiary/aromatic N) is 1. The molecule has 0 atom stereocenters. The summed E-state index contributed by atoms with van der Waals surface area (Å²) in [7, 11) is -3.49. The first-order valence-electron chi connectivity index (χ1n) is 10.3. The highest BCUT2D eigenvalue weighted by Crippen LogP contribution is 2.34. The van der Waals surface area contributed by atoms with E-state index in [2.05, 4.69) is 37.2 Å². The van der Waals surface area contributed by atoms with Gasteiger partial charge >= 0.3 is 0 Å². The molecule has 3 aromatic carbocycles. The molecule has 1 heterocycles. The number of piperidine rings is 1. The lowest BCUT2D eigenvalue weighted by atomic mass is 10.1. The lowest BCUT2D eigenvalue weighted by Gasteiger charge is -2.25. The summed E-state index contributed by atoms with van der Waals surface area (Å²) in [6.07, 6.45) is 2.84. The van der Waals surface area contributed by atoms with Crippen LogP contribution in [-0.4, -0.2) is 38.3 Å². The molecular weight excluding hydrogens is 560 g/mol. The number of sulfonamides is 1.